The van der Waals surface area contributed by atoms with Crippen LogP contribution in [-0.2, 0) is 0 Å². The van der Waals surface area contributed by atoms with Gasteiger partial charge < -0.3 is 5.32 Å². The summed E-state index contributed by atoms with van der Waals surface area (Å²) in [6.45, 7) is 1.68. The topological polar surface area (TPSA) is 114 Å². The Labute approximate surface area is 118 Å². The smallest absolute Gasteiger partial charge is 0.283 e. The Kier molecular flexibility index (Phi) is 3.94. The number of amides is 1. The van der Waals surface area contributed by atoms with Crippen molar-refractivity contribution in [3.63, 3.8) is 0 Å². The van der Waals surface area contributed by atoms with Crippen LogP contribution >= 0.6 is 11.6 Å². The Balaban J connectivity index is 2.23. The molecule has 9 heteroatoms. The second-order valence-electron chi connectivity index (χ2n) is 3.98. The van der Waals surface area contributed by atoms with Crippen LogP contribution in [0.3, 0.4) is 0 Å². The molecular weight excluding hydrogens is 286 g/mol. The van der Waals surface area contributed by atoms with E-state index in [1.54, 1.807) is 6.92 Å². The van der Waals surface area contributed by atoms with Gasteiger partial charge in [-0.1, -0.05) is 11.6 Å². The number of rotatable bonds is 4. The summed E-state index contributed by atoms with van der Waals surface area (Å²) in [5, 5.41) is 20.0. The van der Waals surface area contributed by atoms with Gasteiger partial charge in [0.05, 0.1) is 11.0 Å². The highest BCUT2D eigenvalue weighted by Crippen LogP contribution is 2.23. The van der Waals surface area contributed by atoms with Gasteiger partial charge >= 0.3 is 0 Å². The minimum Gasteiger partial charge on any atom is -0.342 e. The Bertz CT molecular complexity index is 644. The average molecular weight is 296 g/mol. The number of aromatic amines is 1. The molecule has 2 N–H and O–H groups in total. The van der Waals surface area contributed by atoms with Crippen LogP contribution in [0.15, 0.2) is 24.5 Å². The van der Waals surface area contributed by atoms with Gasteiger partial charge in [0.2, 0.25) is 0 Å². The lowest BCUT2D eigenvalue weighted by Crippen LogP contribution is -2.28. The van der Waals surface area contributed by atoms with Gasteiger partial charge in [0, 0.05) is 11.1 Å². The van der Waals surface area contributed by atoms with Crippen LogP contribution in [0.4, 0.5) is 5.69 Å². The Morgan fingerprint density at radius 1 is 1.55 bits per heavy atom. The number of nitrogens with one attached hydrogen (secondary N) is 2. The van der Waals surface area contributed by atoms with Crippen molar-refractivity contribution >= 4 is 23.2 Å². The minimum absolute atomic E-state index is 0.0641. The lowest BCUT2D eigenvalue weighted by atomic mass is 10.1. The summed E-state index contributed by atoms with van der Waals surface area (Å²) < 4.78 is 0. The fourth-order valence-electron chi connectivity index (χ4n) is 1.61. The first-order chi connectivity index (χ1) is 9.49. The normalized spacial score (nSPS) is 11.9. The molecule has 0 radical (unpaired) electrons. The van der Waals surface area contributed by atoms with E-state index < -0.39 is 16.9 Å². The number of nitro groups is 1. The van der Waals surface area contributed by atoms with Gasteiger partial charge in [0.25, 0.3) is 11.6 Å². The maximum atomic E-state index is 12.1. The van der Waals surface area contributed by atoms with E-state index in [0.717, 1.165) is 6.07 Å². The fourth-order valence-corrected chi connectivity index (χ4v) is 1.78. The quantitative estimate of drug-likeness (QED) is 0.660. The van der Waals surface area contributed by atoms with Crippen LogP contribution in [0.2, 0.25) is 5.02 Å². The number of nitro benzene ring substituents is 1. The lowest BCUT2D eigenvalue weighted by Gasteiger charge is -2.11. The van der Waals surface area contributed by atoms with E-state index >= 15 is 0 Å². The first-order valence-corrected chi connectivity index (χ1v) is 5.97. The molecule has 2 rings (SSSR count). The van der Waals surface area contributed by atoms with Crippen molar-refractivity contribution in [3.8, 4) is 0 Å². The van der Waals surface area contributed by atoms with Crippen molar-refractivity contribution in [2.24, 2.45) is 0 Å². The number of carbonyl (C=O) groups is 1. The maximum absolute atomic E-state index is 12.1. The fraction of sp³-hybridized carbons (Fsp3) is 0.182. The van der Waals surface area contributed by atoms with Gasteiger partial charge in [-0.3, -0.25) is 20.0 Å². The van der Waals surface area contributed by atoms with E-state index in [0.29, 0.717) is 5.82 Å². The molecule has 104 valence electrons. The van der Waals surface area contributed by atoms with E-state index in [9.17, 15) is 14.9 Å². The Morgan fingerprint density at radius 2 is 2.30 bits per heavy atom. The van der Waals surface area contributed by atoms with Gasteiger partial charge in [0.1, 0.15) is 17.7 Å². The number of nitrogens with zero attached hydrogens (tertiary/aromatic N) is 3. The van der Waals surface area contributed by atoms with Gasteiger partial charge in [-0.05, 0) is 19.1 Å². The van der Waals surface area contributed by atoms with Gasteiger partial charge in [-0.25, -0.2) is 4.98 Å². The summed E-state index contributed by atoms with van der Waals surface area (Å²) in [5.41, 5.74) is -0.412. The van der Waals surface area contributed by atoms with Crippen molar-refractivity contribution < 1.29 is 9.72 Å². The molecule has 1 heterocycles. The van der Waals surface area contributed by atoms with E-state index in [2.05, 4.69) is 20.5 Å². The van der Waals surface area contributed by atoms with E-state index in [1.165, 1.54) is 18.5 Å². The zero-order chi connectivity index (χ0) is 14.7. The maximum Gasteiger partial charge on any atom is 0.283 e. The summed E-state index contributed by atoms with van der Waals surface area (Å²) in [6, 6.07) is 3.40. The predicted octanol–water partition coefficient (Wildman–Crippen LogP) is 1.86. The van der Waals surface area contributed by atoms with Crippen LogP contribution in [0.5, 0.6) is 0 Å². The number of benzene rings is 1. The number of hydrogen-bond acceptors (Lipinski definition) is 5. The number of aromatic nitrogens is 3. The predicted molar refractivity (Wildman–Crippen MR) is 70.4 cm³/mol. The highest BCUT2D eigenvalue weighted by molar-refractivity contribution is 6.31. The van der Waals surface area contributed by atoms with Crippen molar-refractivity contribution in [2.45, 2.75) is 13.0 Å². The lowest BCUT2D eigenvalue weighted by molar-refractivity contribution is -0.385. The van der Waals surface area contributed by atoms with Crippen LogP contribution in [0.1, 0.15) is 29.1 Å². The third-order valence-corrected chi connectivity index (χ3v) is 2.83. The molecule has 2 aromatic rings. The monoisotopic (exact) mass is 295 g/mol. The zero-order valence-electron chi connectivity index (χ0n) is 10.3. The molecule has 0 saturated carbocycles. The summed E-state index contributed by atoms with van der Waals surface area (Å²) in [6.07, 6.45) is 1.31. The first kappa shape index (κ1) is 13.9. The first-order valence-electron chi connectivity index (χ1n) is 5.59. The highest BCUT2D eigenvalue weighted by Gasteiger charge is 2.22. The SMILES string of the molecule is CC(NC(=O)c1ccc(Cl)cc1[N+](=O)[O-])c1ncn[nH]1. The van der Waals surface area contributed by atoms with E-state index in [4.69, 9.17) is 11.6 Å². The molecular formula is C11H10ClN5O3. The third kappa shape index (κ3) is 2.91. The van der Waals surface area contributed by atoms with Gasteiger partial charge in [-0.15, -0.1) is 0 Å². The summed E-state index contributed by atoms with van der Waals surface area (Å²) in [5.74, 6) is -0.132. The molecule has 1 atom stereocenters. The Hall–Kier alpha value is -2.48. The molecule has 0 saturated heterocycles. The second kappa shape index (κ2) is 5.66. The van der Waals surface area contributed by atoms with Crippen LogP contribution < -0.4 is 5.32 Å². The molecule has 1 amide bonds. The summed E-state index contributed by atoms with van der Waals surface area (Å²) >= 11 is 5.69. The minimum atomic E-state index is -0.653. The third-order valence-electron chi connectivity index (χ3n) is 2.59. The number of H-pyrrole nitrogens is 1. The molecule has 0 fully saturated rings. The van der Waals surface area contributed by atoms with E-state index in [1.807, 2.05) is 0 Å². The molecule has 20 heavy (non-hydrogen) atoms. The van der Waals surface area contributed by atoms with Crippen LogP contribution in [0, 0.1) is 10.1 Å². The van der Waals surface area contributed by atoms with Gasteiger partial charge in [-0.2, -0.15) is 5.10 Å². The van der Waals surface area contributed by atoms with Crippen molar-refractivity contribution in [2.75, 3.05) is 0 Å². The number of halogens is 1. The second-order valence-corrected chi connectivity index (χ2v) is 4.42. The average Bonchev–Trinajstić information content (AvgIpc) is 2.92. The zero-order valence-corrected chi connectivity index (χ0v) is 11.1. The molecule has 0 bridgehead atoms. The molecule has 1 aromatic heterocycles. The summed E-state index contributed by atoms with van der Waals surface area (Å²) in [4.78, 5) is 26.2. The molecule has 0 aliphatic carbocycles. The molecule has 0 aliphatic heterocycles. The molecule has 0 aliphatic rings. The van der Waals surface area contributed by atoms with Crippen LogP contribution in [-0.4, -0.2) is 26.0 Å². The van der Waals surface area contributed by atoms with Crippen molar-refractivity contribution in [3.05, 3.63) is 51.1 Å². The molecule has 0 spiro atoms. The highest BCUT2D eigenvalue weighted by atomic mass is 35.5. The molecule has 1 aromatic carbocycles. The van der Waals surface area contributed by atoms with Crippen molar-refractivity contribution in [1.82, 2.24) is 20.5 Å². The van der Waals surface area contributed by atoms with E-state index in [-0.39, 0.29) is 16.3 Å². The van der Waals surface area contributed by atoms with Crippen LogP contribution in [0.25, 0.3) is 0 Å². The number of carbonyl (C=O) groups excluding carboxylic acids is 1. The van der Waals surface area contributed by atoms with Gasteiger partial charge in [0.15, 0.2) is 0 Å². The van der Waals surface area contributed by atoms with Crippen molar-refractivity contribution in [1.29, 1.82) is 0 Å². The standard InChI is InChI=1S/C11H10ClN5O3/c1-6(10-13-5-14-16-10)15-11(18)8-3-2-7(12)4-9(8)17(19)20/h2-6H,1H3,(H,15,18)(H,13,14,16). The summed E-state index contributed by atoms with van der Waals surface area (Å²) in [7, 11) is 0. The Morgan fingerprint density at radius 3 is 2.90 bits per heavy atom. The number of hydrogen-bond donors (Lipinski definition) is 2. The molecule has 1 unspecified atom stereocenters. The largest absolute Gasteiger partial charge is 0.342 e. The molecule has 8 nitrogen and oxygen atoms in total.